The Labute approximate surface area is 108 Å². The van der Waals surface area contributed by atoms with Crippen molar-refractivity contribution < 1.29 is 9.90 Å². The Morgan fingerprint density at radius 3 is 2.67 bits per heavy atom. The van der Waals surface area contributed by atoms with Crippen molar-refractivity contribution in [3.63, 3.8) is 0 Å². The van der Waals surface area contributed by atoms with Gasteiger partial charge in [0, 0.05) is 23.3 Å². The summed E-state index contributed by atoms with van der Waals surface area (Å²) >= 11 is 1.36. The highest BCUT2D eigenvalue weighted by Gasteiger charge is 2.20. The molecule has 2 aromatic heterocycles. The lowest BCUT2D eigenvalue weighted by molar-refractivity contribution is 0.0701. The number of carbonyl (C=O) groups is 1. The van der Waals surface area contributed by atoms with Gasteiger partial charge in [-0.25, -0.2) is 4.79 Å². The fourth-order valence-corrected chi connectivity index (χ4v) is 3.73. The number of hydrogen-bond donors (Lipinski definition) is 1. The zero-order chi connectivity index (χ0) is 13.0. The lowest BCUT2D eigenvalue weighted by Gasteiger charge is -2.00. The van der Waals surface area contributed by atoms with Crippen LogP contribution < -0.4 is 0 Å². The van der Waals surface area contributed by atoms with Gasteiger partial charge in [0.25, 0.3) is 0 Å². The van der Waals surface area contributed by atoms with Gasteiger partial charge in [0.05, 0.1) is 0 Å². The predicted octanol–water partition coefficient (Wildman–Crippen LogP) is 3.71. The molecule has 3 aromatic rings. The Hall–Kier alpha value is -1.81. The molecule has 0 amide bonds. The normalized spacial score (nSPS) is 11.5. The van der Waals surface area contributed by atoms with Crippen LogP contribution in [0.3, 0.4) is 0 Å². The predicted molar refractivity (Wildman–Crippen MR) is 74.7 cm³/mol. The van der Waals surface area contributed by atoms with Gasteiger partial charge in [-0.1, -0.05) is 12.1 Å². The second kappa shape index (κ2) is 3.59. The monoisotopic (exact) mass is 259 g/mol. The molecule has 18 heavy (non-hydrogen) atoms. The van der Waals surface area contributed by atoms with Gasteiger partial charge in [0.1, 0.15) is 9.71 Å². The summed E-state index contributed by atoms with van der Waals surface area (Å²) in [6.07, 6.45) is 0. The highest BCUT2D eigenvalue weighted by molar-refractivity contribution is 7.20. The molecule has 3 nitrogen and oxygen atoms in total. The summed E-state index contributed by atoms with van der Waals surface area (Å²) in [5.41, 5.74) is 3.23. The molecule has 3 rings (SSSR count). The number of benzene rings is 1. The van der Waals surface area contributed by atoms with Crippen LogP contribution in [0.2, 0.25) is 0 Å². The largest absolute Gasteiger partial charge is 0.477 e. The number of carboxylic acids is 1. The number of nitrogens with zero attached hydrogens (tertiary/aromatic N) is 1. The topological polar surface area (TPSA) is 42.2 Å². The summed E-state index contributed by atoms with van der Waals surface area (Å²) < 4.78 is 2.09. The molecule has 0 unspecified atom stereocenters. The van der Waals surface area contributed by atoms with Crippen molar-refractivity contribution >= 4 is 38.4 Å². The molecule has 0 aliphatic heterocycles. The van der Waals surface area contributed by atoms with E-state index in [1.54, 1.807) is 0 Å². The zero-order valence-electron chi connectivity index (χ0n) is 10.4. The van der Waals surface area contributed by atoms with E-state index in [2.05, 4.69) is 23.6 Å². The SMILES string of the molecule is Cc1cccc2c1c1c(C)c(C(=O)O)sc1n2C. The number of hydrogen-bond acceptors (Lipinski definition) is 2. The van der Waals surface area contributed by atoms with Gasteiger partial charge in [-0.15, -0.1) is 11.3 Å². The van der Waals surface area contributed by atoms with Crippen molar-refractivity contribution in [2.45, 2.75) is 13.8 Å². The van der Waals surface area contributed by atoms with Crippen LogP contribution in [-0.4, -0.2) is 15.6 Å². The Bertz CT molecular complexity index is 795. The number of aromatic carboxylic acids is 1. The Morgan fingerprint density at radius 2 is 2.00 bits per heavy atom. The zero-order valence-corrected chi connectivity index (χ0v) is 11.3. The van der Waals surface area contributed by atoms with E-state index in [9.17, 15) is 9.90 Å². The number of aromatic nitrogens is 1. The van der Waals surface area contributed by atoms with E-state index in [0.717, 1.165) is 21.3 Å². The first-order valence-corrected chi connectivity index (χ1v) is 6.54. The van der Waals surface area contributed by atoms with E-state index in [-0.39, 0.29) is 0 Å². The van der Waals surface area contributed by atoms with Gasteiger partial charge in [-0.05, 0) is 31.0 Å². The molecule has 2 heterocycles. The summed E-state index contributed by atoms with van der Waals surface area (Å²) in [4.78, 5) is 12.7. The Balaban J connectivity index is 2.60. The average molecular weight is 259 g/mol. The first-order chi connectivity index (χ1) is 8.52. The fraction of sp³-hybridized carbons (Fsp3) is 0.214. The molecule has 1 aromatic carbocycles. The quantitative estimate of drug-likeness (QED) is 0.724. The number of carboxylic acid groups (broad SMARTS) is 1. The van der Waals surface area contributed by atoms with E-state index in [1.165, 1.54) is 22.3 Å². The van der Waals surface area contributed by atoms with Crippen molar-refractivity contribution in [3.8, 4) is 0 Å². The van der Waals surface area contributed by atoms with Gasteiger partial charge in [-0.2, -0.15) is 0 Å². The molecule has 0 atom stereocenters. The van der Waals surface area contributed by atoms with E-state index in [4.69, 9.17) is 0 Å². The minimum absolute atomic E-state index is 0.445. The van der Waals surface area contributed by atoms with Crippen molar-refractivity contribution in [2.75, 3.05) is 0 Å². The molecule has 92 valence electrons. The van der Waals surface area contributed by atoms with Gasteiger partial charge in [0.2, 0.25) is 0 Å². The Kier molecular flexibility index (Phi) is 2.25. The summed E-state index contributed by atoms with van der Waals surface area (Å²) in [6.45, 7) is 3.97. The minimum Gasteiger partial charge on any atom is -0.477 e. The maximum Gasteiger partial charge on any atom is 0.346 e. The molecule has 0 radical (unpaired) electrons. The first-order valence-electron chi connectivity index (χ1n) is 5.72. The molecule has 4 heteroatoms. The van der Waals surface area contributed by atoms with Crippen molar-refractivity contribution in [3.05, 3.63) is 34.2 Å². The maximum absolute atomic E-state index is 11.2. The van der Waals surface area contributed by atoms with Crippen LogP contribution in [0.4, 0.5) is 0 Å². The van der Waals surface area contributed by atoms with Gasteiger partial charge in [-0.3, -0.25) is 0 Å². The molecule has 0 aliphatic rings. The number of fused-ring (bicyclic) bond motifs is 3. The third kappa shape index (κ3) is 1.26. The van der Waals surface area contributed by atoms with Crippen molar-refractivity contribution in [1.29, 1.82) is 0 Å². The summed E-state index contributed by atoms with van der Waals surface area (Å²) in [7, 11) is 1.99. The van der Waals surface area contributed by atoms with Crippen LogP contribution in [0.25, 0.3) is 21.1 Å². The van der Waals surface area contributed by atoms with Gasteiger partial charge in [0.15, 0.2) is 0 Å². The first kappa shape index (κ1) is 11.3. The van der Waals surface area contributed by atoms with Crippen LogP contribution in [0.15, 0.2) is 18.2 Å². The molecule has 0 bridgehead atoms. The second-order valence-electron chi connectivity index (χ2n) is 4.57. The fourth-order valence-electron chi connectivity index (χ4n) is 2.60. The van der Waals surface area contributed by atoms with E-state index < -0.39 is 5.97 Å². The van der Waals surface area contributed by atoms with Crippen molar-refractivity contribution in [1.82, 2.24) is 4.57 Å². The molecule has 1 N–H and O–H groups in total. The minimum atomic E-state index is -0.838. The van der Waals surface area contributed by atoms with Gasteiger partial charge >= 0.3 is 5.97 Å². The Morgan fingerprint density at radius 1 is 1.28 bits per heavy atom. The molecule has 0 saturated heterocycles. The number of rotatable bonds is 1. The summed E-state index contributed by atoms with van der Waals surface area (Å²) in [5, 5.41) is 11.5. The maximum atomic E-state index is 11.2. The molecule has 0 aliphatic carbocycles. The average Bonchev–Trinajstić information content (AvgIpc) is 2.79. The lowest BCUT2D eigenvalue weighted by atomic mass is 10.1. The highest BCUT2D eigenvalue weighted by Crippen LogP contribution is 2.39. The summed E-state index contributed by atoms with van der Waals surface area (Å²) in [6, 6.07) is 6.18. The molecule has 0 spiro atoms. The highest BCUT2D eigenvalue weighted by atomic mass is 32.1. The van der Waals surface area contributed by atoms with Gasteiger partial charge < -0.3 is 9.67 Å². The lowest BCUT2D eigenvalue weighted by Crippen LogP contribution is -1.94. The third-order valence-corrected chi connectivity index (χ3v) is 4.85. The van der Waals surface area contributed by atoms with E-state index >= 15 is 0 Å². The van der Waals surface area contributed by atoms with Crippen molar-refractivity contribution in [2.24, 2.45) is 7.05 Å². The smallest absolute Gasteiger partial charge is 0.346 e. The number of aryl methyl sites for hydroxylation is 3. The van der Waals surface area contributed by atoms with Crippen LogP contribution in [0.5, 0.6) is 0 Å². The standard InChI is InChI=1S/C14H13NO2S/c1-7-5-4-6-9-10(7)11-8(2)12(14(16)17)18-13(11)15(9)3/h4-6H,1-3H3,(H,16,17). The summed E-state index contributed by atoms with van der Waals surface area (Å²) in [5.74, 6) is -0.838. The number of thiophene rings is 1. The van der Waals surface area contributed by atoms with Crippen LogP contribution in [-0.2, 0) is 7.05 Å². The second-order valence-corrected chi connectivity index (χ2v) is 5.57. The third-order valence-electron chi connectivity index (χ3n) is 3.49. The molecule has 0 saturated carbocycles. The molecular weight excluding hydrogens is 246 g/mol. The molecular formula is C14H13NO2S. The van der Waals surface area contributed by atoms with Crippen LogP contribution >= 0.6 is 11.3 Å². The van der Waals surface area contributed by atoms with Crippen LogP contribution in [0, 0.1) is 13.8 Å². The van der Waals surface area contributed by atoms with Crippen LogP contribution in [0.1, 0.15) is 20.8 Å². The molecule has 0 fully saturated rings. The van der Waals surface area contributed by atoms with E-state index in [1.807, 2.05) is 20.0 Å². The van der Waals surface area contributed by atoms with E-state index in [0.29, 0.717) is 4.88 Å².